The Hall–Kier alpha value is -0.800. The minimum atomic E-state index is 0.112. The lowest BCUT2D eigenvalue weighted by Crippen LogP contribution is -2.03. The topological polar surface area (TPSA) is 30.2 Å². The Morgan fingerprint density at radius 3 is 2.94 bits per heavy atom. The molecule has 0 saturated heterocycles. The van der Waals surface area contributed by atoms with E-state index in [4.69, 9.17) is 16.0 Å². The van der Waals surface area contributed by atoms with Crippen LogP contribution in [0.25, 0.3) is 11.0 Å². The van der Waals surface area contributed by atoms with Gasteiger partial charge in [-0.05, 0) is 30.7 Å². The number of halogens is 2. The normalized spacial score (nSPS) is 11.0. The van der Waals surface area contributed by atoms with E-state index in [0.29, 0.717) is 18.7 Å². The molecule has 0 amide bonds. The van der Waals surface area contributed by atoms with Gasteiger partial charge in [-0.3, -0.25) is 4.79 Å². The van der Waals surface area contributed by atoms with Gasteiger partial charge in [0, 0.05) is 22.2 Å². The predicted molar refractivity (Wildman–Crippen MR) is 72.7 cm³/mol. The first-order valence-electron chi connectivity index (χ1n) is 5.37. The Bertz CT molecular complexity index is 560. The molecular weight excluding hydrogens is 303 g/mol. The van der Waals surface area contributed by atoms with Crippen LogP contribution >= 0.6 is 27.5 Å². The summed E-state index contributed by atoms with van der Waals surface area (Å²) in [6.07, 6.45) is 0.715. The highest BCUT2D eigenvalue weighted by molar-refractivity contribution is 9.10. The molecule has 0 fully saturated rings. The number of carbonyl (C=O) groups is 1. The molecule has 0 atom stereocenters. The molecule has 17 heavy (non-hydrogen) atoms. The van der Waals surface area contributed by atoms with E-state index in [0.717, 1.165) is 26.8 Å². The van der Waals surface area contributed by atoms with Gasteiger partial charge in [0.2, 0.25) is 0 Å². The molecule has 2 nitrogen and oxygen atoms in total. The van der Waals surface area contributed by atoms with Crippen molar-refractivity contribution in [3.63, 3.8) is 0 Å². The van der Waals surface area contributed by atoms with E-state index in [2.05, 4.69) is 15.9 Å². The molecule has 0 aliphatic carbocycles. The van der Waals surface area contributed by atoms with E-state index in [1.165, 1.54) is 0 Å². The van der Waals surface area contributed by atoms with Crippen LogP contribution in [0.1, 0.15) is 17.7 Å². The number of carbonyl (C=O) groups excluding carboxylic acids is 1. The number of aryl methyl sites for hydroxylation is 1. The molecule has 0 radical (unpaired) electrons. The summed E-state index contributed by atoms with van der Waals surface area (Å²) in [6, 6.07) is 5.83. The van der Waals surface area contributed by atoms with Crippen molar-refractivity contribution in [3.05, 3.63) is 34.0 Å². The van der Waals surface area contributed by atoms with Gasteiger partial charge < -0.3 is 4.42 Å². The number of benzene rings is 1. The Morgan fingerprint density at radius 2 is 2.24 bits per heavy atom. The average molecular weight is 316 g/mol. The summed E-state index contributed by atoms with van der Waals surface area (Å²) in [4.78, 5) is 11.6. The molecule has 0 unspecified atom stereocenters. The van der Waals surface area contributed by atoms with E-state index in [1.54, 1.807) is 0 Å². The molecule has 1 aromatic carbocycles. The summed E-state index contributed by atoms with van der Waals surface area (Å²) in [5.74, 6) is 1.22. The average Bonchev–Trinajstić information content (AvgIpc) is 2.57. The zero-order chi connectivity index (χ0) is 12.4. The summed E-state index contributed by atoms with van der Waals surface area (Å²) in [5.41, 5.74) is 1.85. The Morgan fingerprint density at radius 1 is 1.47 bits per heavy atom. The lowest BCUT2D eigenvalue weighted by Gasteiger charge is -1.96. The van der Waals surface area contributed by atoms with Crippen LogP contribution in [0.5, 0.6) is 0 Å². The smallest absolute Gasteiger partial charge is 0.141 e. The van der Waals surface area contributed by atoms with Crippen LogP contribution in [-0.2, 0) is 11.2 Å². The number of alkyl halides is 1. The Labute approximate surface area is 113 Å². The lowest BCUT2D eigenvalue weighted by molar-refractivity contribution is -0.118. The molecule has 0 saturated carbocycles. The maximum absolute atomic E-state index is 11.6. The highest BCUT2D eigenvalue weighted by atomic mass is 79.9. The fraction of sp³-hybridized carbons (Fsp3) is 0.308. The highest BCUT2D eigenvalue weighted by Gasteiger charge is 2.13. The molecule has 2 aromatic rings. The number of furan rings is 1. The summed E-state index contributed by atoms with van der Waals surface area (Å²) in [7, 11) is 0. The second-order valence-electron chi connectivity index (χ2n) is 3.95. The van der Waals surface area contributed by atoms with Crippen molar-refractivity contribution in [2.24, 2.45) is 0 Å². The van der Waals surface area contributed by atoms with Gasteiger partial charge in [-0.2, -0.15) is 0 Å². The zero-order valence-electron chi connectivity index (χ0n) is 9.43. The molecular formula is C13H12BrClO2. The third kappa shape index (κ3) is 2.72. The van der Waals surface area contributed by atoms with Gasteiger partial charge in [0.25, 0.3) is 0 Å². The maximum atomic E-state index is 11.6. The molecule has 0 N–H and O–H groups in total. The van der Waals surface area contributed by atoms with E-state index in [9.17, 15) is 4.79 Å². The van der Waals surface area contributed by atoms with Gasteiger partial charge in [0.05, 0.1) is 6.42 Å². The van der Waals surface area contributed by atoms with E-state index in [1.807, 2.05) is 25.1 Å². The van der Waals surface area contributed by atoms with Gasteiger partial charge in [0.15, 0.2) is 0 Å². The molecule has 0 bridgehead atoms. The molecule has 0 aliphatic rings. The van der Waals surface area contributed by atoms with Gasteiger partial charge >= 0.3 is 0 Å². The van der Waals surface area contributed by atoms with Crippen LogP contribution in [0.3, 0.4) is 0 Å². The maximum Gasteiger partial charge on any atom is 0.141 e. The van der Waals surface area contributed by atoms with Crippen LogP contribution < -0.4 is 0 Å². The number of fused-ring (bicyclic) bond motifs is 1. The van der Waals surface area contributed by atoms with Crippen LogP contribution in [0.2, 0.25) is 0 Å². The molecule has 1 aromatic heterocycles. The summed E-state index contributed by atoms with van der Waals surface area (Å²) in [6.45, 7) is 1.97. The van der Waals surface area contributed by atoms with Crippen molar-refractivity contribution in [3.8, 4) is 0 Å². The Balaban J connectivity index is 2.35. The molecule has 0 spiro atoms. The predicted octanol–water partition coefficient (Wildman–Crippen LogP) is 4.24. The highest BCUT2D eigenvalue weighted by Crippen LogP contribution is 2.28. The lowest BCUT2D eigenvalue weighted by atomic mass is 10.1. The van der Waals surface area contributed by atoms with Crippen LogP contribution in [0, 0.1) is 6.92 Å². The van der Waals surface area contributed by atoms with Crippen molar-refractivity contribution in [1.82, 2.24) is 0 Å². The third-order valence-electron chi connectivity index (χ3n) is 2.73. The standard InChI is InChI=1S/C13H12BrClO2/c1-8-11-6-9(14)2-3-12(11)17-13(8)7-10(16)4-5-15/h2-3,6H,4-5,7H2,1H3. The summed E-state index contributed by atoms with van der Waals surface area (Å²) in [5, 5.41) is 1.05. The van der Waals surface area contributed by atoms with Gasteiger partial charge in [-0.1, -0.05) is 15.9 Å². The van der Waals surface area contributed by atoms with Crippen LogP contribution in [0.4, 0.5) is 0 Å². The minimum Gasteiger partial charge on any atom is -0.460 e. The van der Waals surface area contributed by atoms with E-state index < -0.39 is 0 Å². The van der Waals surface area contributed by atoms with Gasteiger partial charge in [-0.15, -0.1) is 11.6 Å². The first-order chi connectivity index (χ1) is 8.11. The second-order valence-corrected chi connectivity index (χ2v) is 5.24. The van der Waals surface area contributed by atoms with Crippen molar-refractivity contribution in [2.45, 2.75) is 19.8 Å². The fourth-order valence-corrected chi connectivity index (χ4v) is 2.36. The van der Waals surface area contributed by atoms with Gasteiger partial charge in [-0.25, -0.2) is 0 Å². The second kappa shape index (κ2) is 5.23. The SMILES string of the molecule is Cc1c(CC(=O)CCCl)oc2ccc(Br)cc12. The zero-order valence-corrected chi connectivity index (χ0v) is 11.8. The van der Waals surface area contributed by atoms with Gasteiger partial charge in [0.1, 0.15) is 17.1 Å². The molecule has 0 aliphatic heterocycles. The van der Waals surface area contributed by atoms with Crippen molar-refractivity contribution in [2.75, 3.05) is 5.88 Å². The minimum absolute atomic E-state index is 0.112. The molecule has 2 rings (SSSR count). The number of ketones is 1. The Kier molecular flexibility index (Phi) is 3.89. The molecule has 90 valence electrons. The van der Waals surface area contributed by atoms with Crippen molar-refractivity contribution >= 4 is 44.3 Å². The van der Waals surface area contributed by atoms with Crippen molar-refractivity contribution < 1.29 is 9.21 Å². The van der Waals surface area contributed by atoms with Crippen LogP contribution in [-0.4, -0.2) is 11.7 Å². The van der Waals surface area contributed by atoms with E-state index >= 15 is 0 Å². The molecule has 4 heteroatoms. The number of Topliss-reactive ketones (excluding diaryl/α,β-unsaturated/α-hetero) is 1. The van der Waals surface area contributed by atoms with E-state index in [-0.39, 0.29) is 5.78 Å². The van der Waals surface area contributed by atoms with Crippen LogP contribution in [0.15, 0.2) is 27.1 Å². The largest absolute Gasteiger partial charge is 0.460 e. The first-order valence-corrected chi connectivity index (χ1v) is 6.69. The number of hydrogen-bond acceptors (Lipinski definition) is 2. The quantitative estimate of drug-likeness (QED) is 0.790. The molecule has 1 heterocycles. The first kappa shape index (κ1) is 12.7. The summed E-state index contributed by atoms with van der Waals surface area (Å²) < 4.78 is 6.69. The van der Waals surface area contributed by atoms with Crippen molar-refractivity contribution in [1.29, 1.82) is 0 Å². The number of rotatable bonds is 4. The fourth-order valence-electron chi connectivity index (χ4n) is 1.79. The number of hydrogen-bond donors (Lipinski definition) is 0. The third-order valence-corrected chi connectivity index (χ3v) is 3.41. The summed E-state index contributed by atoms with van der Waals surface area (Å²) >= 11 is 8.97. The monoisotopic (exact) mass is 314 g/mol.